The quantitative estimate of drug-likeness (QED) is 0.812. The van der Waals surface area contributed by atoms with Crippen molar-refractivity contribution in [1.82, 2.24) is 10.6 Å². The molecule has 1 aromatic carbocycles. The van der Waals surface area contributed by atoms with E-state index in [2.05, 4.69) is 10.6 Å². The van der Waals surface area contributed by atoms with Crippen LogP contribution in [0.1, 0.15) is 28.3 Å². The molecule has 2 rings (SSSR count). The van der Waals surface area contributed by atoms with Crippen molar-refractivity contribution in [3.8, 4) is 0 Å². The molecular weight excluding hydrogens is 327 g/mol. The van der Waals surface area contributed by atoms with Gasteiger partial charge in [0.05, 0.1) is 12.6 Å². The average Bonchev–Trinajstić information content (AvgIpc) is 2.82. The molecule has 112 valence electrons. The predicted molar refractivity (Wildman–Crippen MR) is 89.3 cm³/mol. The summed E-state index contributed by atoms with van der Waals surface area (Å²) in [6, 6.07) is 8.88. The number of hydrogen-bond donors (Lipinski definition) is 2. The Labute approximate surface area is 138 Å². The van der Waals surface area contributed by atoms with E-state index in [1.807, 2.05) is 32.0 Å². The summed E-state index contributed by atoms with van der Waals surface area (Å²) in [6.07, 6.45) is 0. The third-order valence-electron chi connectivity index (χ3n) is 3.00. The molecule has 0 radical (unpaired) electrons. The third kappa shape index (κ3) is 4.63. The molecule has 0 fully saturated rings. The van der Waals surface area contributed by atoms with Crippen LogP contribution in [-0.4, -0.2) is 6.03 Å². The van der Waals surface area contributed by atoms with Crippen LogP contribution in [0.4, 0.5) is 4.79 Å². The summed E-state index contributed by atoms with van der Waals surface area (Å²) in [6.45, 7) is 4.44. The van der Waals surface area contributed by atoms with Crippen LogP contribution in [0.3, 0.4) is 0 Å². The van der Waals surface area contributed by atoms with Gasteiger partial charge in [-0.2, -0.15) is 0 Å². The van der Waals surface area contributed by atoms with Gasteiger partial charge >= 0.3 is 6.03 Å². The van der Waals surface area contributed by atoms with Gasteiger partial charge in [0, 0.05) is 19.8 Å². The maximum Gasteiger partial charge on any atom is 0.315 e. The molecule has 0 aliphatic carbocycles. The van der Waals surface area contributed by atoms with Gasteiger partial charge in [0.2, 0.25) is 0 Å². The first-order valence-corrected chi connectivity index (χ1v) is 8.07. The molecule has 6 heteroatoms. The zero-order valence-electron chi connectivity index (χ0n) is 11.7. The van der Waals surface area contributed by atoms with Crippen LogP contribution in [0.15, 0.2) is 30.3 Å². The fourth-order valence-corrected chi connectivity index (χ4v) is 3.33. The number of halogens is 2. The molecule has 1 aromatic heterocycles. The number of urea groups is 1. The lowest BCUT2D eigenvalue weighted by atomic mass is 10.1. The molecule has 2 aromatic rings. The normalized spacial score (nSPS) is 12.0. The van der Waals surface area contributed by atoms with Gasteiger partial charge in [-0.3, -0.25) is 0 Å². The molecule has 0 aliphatic heterocycles. The van der Waals surface area contributed by atoms with Gasteiger partial charge in [-0.1, -0.05) is 29.3 Å². The minimum atomic E-state index is -0.223. The summed E-state index contributed by atoms with van der Waals surface area (Å²) in [5.41, 5.74) is 0.836. The van der Waals surface area contributed by atoms with Gasteiger partial charge < -0.3 is 10.6 Å². The monoisotopic (exact) mass is 342 g/mol. The summed E-state index contributed by atoms with van der Waals surface area (Å²) in [4.78, 5) is 14.3. The summed E-state index contributed by atoms with van der Waals surface area (Å²) < 4.78 is 0. The molecule has 0 aliphatic rings. The molecule has 1 heterocycles. The Morgan fingerprint density at radius 1 is 1.29 bits per heavy atom. The van der Waals surface area contributed by atoms with Crippen molar-refractivity contribution in [2.45, 2.75) is 26.4 Å². The smallest absolute Gasteiger partial charge is 0.315 e. The Bertz CT molecular complexity index is 642. The number of benzene rings is 1. The standard InChI is InChI=1S/C15H16Cl2N2OS/c1-9-3-5-12(21-9)8-18-15(20)19-10(2)13-6-4-11(16)7-14(13)17/h3-7,10H,8H2,1-2H3,(H2,18,19,20). The SMILES string of the molecule is Cc1ccc(CNC(=O)NC(C)c2ccc(Cl)cc2Cl)s1. The van der Waals surface area contributed by atoms with Crippen molar-refractivity contribution in [1.29, 1.82) is 0 Å². The van der Waals surface area contributed by atoms with E-state index < -0.39 is 0 Å². The Morgan fingerprint density at radius 2 is 2.05 bits per heavy atom. The molecule has 2 N–H and O–H groups in total. The first-order valence-electron chi connectivity index (χ1n) is 6.50. The number of amides is 2. The molecular formula is C15H16Cl2N2OS. The maximum atomic E-state index is 11.9. The highest BCUT2D eigenvalue weighted by Crippen LogP contribution is 2.26. The minimum Gasteiger partial charge on any atom is -0.333 e. The Balaban J connectivity index is 1.89. The minimum absolute atomic E-state index is 0.195. The fourth-order valence-electron chi connectivity index (χ4n) is 1.93. The van der Waals surface area contributed by atoms with E-state index in [0.29, 0.717) is 16.6 Å². The van der Waals surface area contributed by atoms with Gasteiger partial charge in [-0.25, -0.2) is 4.79 Å². The van der Waals surface area contributed by atoms with E-state index in [-0.39, 0.29) is 12.1 Å². The van der Waals surface area contributed by atoms with Crippen LogP contribution in [0, 0.1) is 6.92 Å². The molecule has 0 saturated carbocycles. The fraction of sp³-hybridized carbons (Fsp3) is 0.267. The van der Waals surface area contributed by atoms with Crippen LogP contribution < -0.4 is 10.6 Å². The number of carbonyl (C=O) groups is 1. The number of hydrogen-bond acceptors (Lipinski definition) is 2. The first-order chi connectivity index (χ1) is 9.95. The largest absolute Gasteiger partial charge is 0.333 e. The predicted octanol–water partition coefficient (Wildman–Crippen LogP) is 4.92. The van der Waals surface area contributed by atoms with Gasteiger partial charge in [-0.05, 0) is 43.7 Å². The second-order valence-corrected chi connectivity index (χ2v) is 6.94. The van der Waals surface area contributed by atoms with Gasteiger partial charge in [0.1, 0.15) is 0 Å². The molecule has 0 saturated heterocycles. The first kappa shape index (κ1) is 16.1. The number of aryl methyl sites for hydroxylation is 1. The lowest BCUT2D eigenvalue weighted by Crippen LogP contribution is -2.36. The van der Waals surface area contributed by atoms with E-state index in [4.69, 9.17) is 23.2 Å². The van der Waals surface area contributed by atoms with E-state index in [1.54, 1.807) is 23.5 Å². The van der Waals surface area contributed by atoms with Crippen molar-refractivity contribution >= 4 is 40.6 Å². The highest BCUT2D eigenvalue weighted by Gasteiger charge is 2.12. The summed E-state index contributed by atoms with van der Waals surface area (Å²) >= 11 is 13.7. The second kappa shape index (κ2) is 7.16. The molecule has 1 atom stereocenters. The Morgan fingerprint density at radius 3 is 2.67 bits per heavy atom. The second-order valence-electron chi connectivity index (χ2n) is 4.73. The van der Waals surface area contributed by atoms with Crippen LogP contribution in [-0.2, 0) is 6.54 Å². The summed E-state index contributed by atoms with van der Waals surface area (Å²) in [7, 11) is 0. The highest BCUT2D eigenvalue weighted by molar-refractivity contribution is 7.11. The molecule has 3 nitrogen and oxygen atoms in total. The zero-order valence-corrected chi connectivity index (χ0v) is 14.1. The highest BCUT2D eigenvalue weighted by atomic mass is 35.5. The number of nitrogens with one attached hydrogen (secondary N) is 2. The summed E-state index contributed by atoms with van der Waals surface area (Å²) in [5.74, 6) is 0. The number of carbonyl (C=O) groups excluding carboxylic acids is 1. The zero-order chi connectivity index (χ0) is 15.4. The van der Waals surface area contributed by atoms with Gasteiger partial charge in [0.15, 0.2) is 0 Å². The van der Waals surface area contributed by atoms with Crippen molar-refractivity contribution in [3.05, 3.63) is 55.7 Å². The molecule has 21 heavy (non-hydrogen) atoms. The average molecular weight is 343 g/mol. The molecule has 0 spiro atoms. The maximum absolute atomic E-state index is 11.9. The van der Waals surface area contributed by atoms with E-state index >= 15 is 0 Å². The van der Waals surface area contributed by atoms with Crippen LogP contribution in [0.2, 0.25) is 10.0 Å². The number of rotatable bonds is 4. The van der Waals surface area contributed by atoms with Crippen molar-refractivity contribution in [2.24, 2.45) is 0 Å². The van der Waals surface area contributed by atoms with Gasteiger partial charge in [-0.15, -0.1) is 11.3 Å². The molecule has 1 unspecified atom stereocenters. The van der Waals surface area contributed by atoms with Crippen LogP contribution in [0.25, 0.3) is 0 Å². The Kier molecular flexibility index (Phi) is 5.51. The van der Waals surface area contributed by atoms with Crippen molar-refractivity contribution in [3.63, 3.8) is 0 Å². The summed E-state index contributed by atoms with van der Waals surface area (Å²) in [5, 5.41) is 6.82. The topological polar surface area (TPSA) is 41.1 Å². The lowest BCUT2D eigenvalue weighted by Gasteiger charge is -2.16. The van der Waals surface area contributed by atoms with E-state index in [0.717, 1.165) is 10.4 Å². The van der Waals surface area contributed by atoms with E-state index in [1.165, 1.54) is 4.88 Å². The lowest BCUT2D eigenvalue weighted by molar-refractivity contribution is 0.237. The number of thiophene rings is 1. The van der Waals surface area contributed by atoms with Crippen molar-refractivity contribution in [2.75, 3.05) is 0 Å². The van der Waals surface area contributed by atoms with E-state index in [9.17, 15) is 4.79 Å². The van der Waals surface area contributed by atoms with Crippen LogP contribution in [0.5, 0.6) is 0 Å². The van der Waals surface area contributed by atoms with Gasteiger partial charge in [0.25, 0.3) is 0 Å². The van der Waals surface area contributed by atoms with Crippen molar-refractivity contribution < 1.29 is 4.79 Å². The van der Waals surface area contributed by atoms with Crippen LogP contribution >= 0.6 is 34.5 Å². The molecule has 2 amide bonds. The molecule has 0 bridgehead atoms. The third-order valence-corrected chi connectivity index (χ3v) is 4.56. The Hall–Kier alpha value is -1.23.